The van der Waals surface area contributed by atoms with E-state index in [-0.39, 0.29) is 25.4 Å². The Morgan fingerprint density at radius 2 is 2.18 bits per heavy atom. The van der Waals surface area contributed by atoms with Gasteiger partial charge in [-0.25, -0.2) is 0 Å². The van der Waals surface area contributed by atoms with E-state index in [0.717, 1.165) is 11.1 Å². The fourth-order valence-corrected chi connectivity index (χ4v) is 2.70. The molecule has 6 heteroatoms. The minimum absolute atomic E-state index is 0.123. The van der Waals surface area contributed by atoms with Gasteiger partial charge in [-0.15, -0.1) is 0 Å². The summed E-state index contributed by atoms with van der Waals surface area (Å²) < 4.78 is 10.3. The fraction of sp³-hybridized carbons (Fsp3) is 0.500. The first kappa shape index (κ1) is 16.5. The van der Waals surface area contributed by atoms with Crippen molar-refractivity contribution in [1.29, 1.82) is 0 Å². The predicted molar refractivity (Wildman–Crippen MR) is 79.4 cm³/mol. The van der Waals surface area contributed by atoms with Gasteiger partial charge in [-0.1, -0.05) is 24.3 Å². The van der Waals surface area contributed by atoms with E-state index in [1.165, 1.54) is 0 Å². The van der Waals surface area contributed by atoms with Crippen molar-refractivity contribution < 1.29 is 24.2 Å². The Bertz CT molecular complexity index is 537. The van der Waals surface area contributed by atoms with Crippen LogP contribution in [0, 0.1) is 0 Å². The highest BCUT2D eigenvalue weighted by Crippen LogP contribution is 2.23. The first-order valence-corrected chi connectivity index (χ1v) is 7.20. The van der Waals surface area contributed by atoms with Crippen LogP contribution in [-0.2, 0) is 32.1 Å². The second-order valence-corrected chi connectivity index (χ2v) is 5.63. The Balaban J connectivity index is 1.99. The minimum atomic E-state index is -0.937. The normalized spacial score (nSPS) is 20.8. The number of nitrogens with one attached hydrogen (secondary N) is 1. The van der Waals surface area contributed by atoms with Crippen LogP contribution < -0.4 is 5.32 Å². The third-order valence-electron chi connectivity index (χ3n) is 3.66. The molecule has 2 N–H and O–H groups in total. The summed E-state index contributed by atoms with van der Waals surface area (Å²) in [4.78, 5) is 23.2. The van der Waals surface area contributed by atoms with Gasteiger partial charge in [-0.3, -0.25) is 9.59 Å². The van der Waals surface area contributed by atoms with Gasteiger partial charge in [0.1, 0.15) is 0 Å². The third kappa shape index (κ3) is 4.54. The lowest BCUT2D eigenvalue weighted by atomic mass is 9.93. The Morgan fingerprint density at radius 1 is 1.41 bits per heavy atom. The molecule has 1 atom stereocenters. The maximum atomic E-state index is 12.2. The van der Waals surface area contributed by atoms with Crippen molar-refractivity contribution >= 4 is 11.9 Å². The lowest BCUT2D eigenvalue weighted by Crippen LogP contribution is -2.51. The van der Waals surface area contributed by atoms with Gasteiger partial charge < -0.3 is 19.9 Å². The molecule has 0 saturated carbocycles. The maximum Gasteiger partial charge on any atom is 0.305 e. The molecule has 1 unspecified atom stereocenters. The van der Waals surface area contributed by atoms with Gasteiger partial charge in [0, 0.05) is 13.7 Å². The lowest BCUT2D eigenvalue weighted by Gasteiger charge is -2.27. The number of ether oxygens (including phenoxy) is 2. The van der Waals surface area contributed by atoms with Gasteiger partial charge in [-0.2, -0.15) is 0 Å². The van der Waals surface area contributed by atoms with Crippen LogP contribution in [0.15, 0.2) is 24.3 Å². The van der Waals surface area contributed by atoms with Crippen molar-refractivity contribution in [2.24, 2.45) is 0 Å². The number of carbonyl (C=O) groups is 2. The molecule has 1 aromatic carbocycles. The first-order chi connectivity index (χ1) is 10.5. The summed E-state index contributed by atoms with van der Waals surface area (Å²) in [6.45, 7) is 1.21. The Labute approximate surface area is 129 Å². The standard InChI is InChI=1S/C16H21NO5/c1-21-10-13-4-2-3-12(7-13)8-14(18)17-16(9-15(19)20)5-6-22-11-16/h2-4,7H,5-6,8-11H2,1H3,(H,17,18)(H,19,20). The number of hydrogen-bond donors (Lipinski definition) is 2. The predicted octanol–water partition coefficient (Wildman–Crippen LogP) is 1.13. The summed E-state index contributed by atoms with van der Waals surface area (Å²) in [5.41, 5.74) is 1.08. The third-order valence-corrected chi connectivity index (χ3v) is 3.66. The van der Waals surface area contributed by atoms with E-state index in [1.54, 1.807) is 7.11 Å². The zero-order chi connectivity index (χ0) is 16.0. The lowest BCUT2D eigenvalue weighted by molar-refractivity contribution is -0.139. The van der Waals surface area contributed by atoms with Gasteiger partial charge >= 0.3 is 5.97 Å². The number of benzene rings is 1. The monoisotopic (exact) mass is 307 g/mol. The first-order valence-electron chi connectivity index (χ1n) is 7.20. The molecule has 1 aromatic rings. The van der Waals surface area contributed by atoms with Crippen LogP contribution in [-0.4, -0.2) is 42.8 Å². The van der Waals surface area contributed by atoms with Crippen LogP contribution in [0.1, 0.15) is 24.0 Å². The van der Waals surface area contributed by atoms with Crippen molar-refractivity contribution in [3.05, 3.63) is 35.4 Å². The molecule has 0 bridgehead atoms. The highest BCUT2D eigenvalue weighted by atomic mass is 16.5. The van der Waals surface area contributed by atoms with Crippen molar-refractivity contribution in [2.45, 2.75) is 31.4 Å². The average Bonchev–Trinajstić information content (AvgIpc) is 2.86. The van der Waals surface area contributed by atoms with Crippen LogP contribution in [0.3, 0.4) is 0 Å². The highest BCUT2D eigenvalue weighted by molar-refractivity contribution is 5.80. The summed E-state index contributed by atoms with van der Waals surface area (Å²) in [5, 5.41) is 11.9. The molecule has 1 aliphatic rings. The van der Waals surface area contributed by atoms with Gasteiger partial charge in [0.05, 0.1) is 31.6 Å². The number of methoxy groups -OCH3 is 1. The average molecular weight is 307 g/mol. The van der Waals surface area contributed by atoms with E-state index >= 15 is 0 Å². The minimum Gasteiger partial charge on any atom is -0.481 e. The second kappa shape index (κ2) is 7.38. The molecule has 1 aliphatic heterocycles. The molecule has 0 radical (unpaired) electrons. The maximum absolute atomic E-state index is 12.2. The number of carbonyl (C=O) groups excluding carboxylic acids is 1. The van der Waals surface area contributed by atoms with Crippen LogP contribution in [0.2, 0.25) is 0 Å². The van der Waals surface area contributed by atoms with Gasteiger partial charge in [0.15, 0.2) is 0 Å². The van der Waals surface area contributed by atoms with Gasteiger partial charge in [0.2, 0.25) is 5.91 Å². The molecular formula is C16H21NO5. The SMILES string of the molecule is COCc1cccc(CC(=O)NC2(CC(=O)O)CCOC2)c1. The van der Waals surface area contributed by atoms with Crippen LogP contribution >= 0.6 is 0 Å². The Morgan fingerprint density at radius 3 is 2.82 bits per heavy atom. The molecule has 6 nitrogen and oxygen atoms in total. The van der Waals surface area contributed by atoms with Crippen LogP contribution in [0.5, 0.6) is 0 Å². The summed E-state index contributed by atoms with van der Waals surface area (Å²) >= 11 is 0. The number of rotatable bonds is 7. The van der Waals surface area contributed by atoms with Crippen molar-refractivity contribution in [3.8, 4) is 0 Å². The smallest absolute Gasteiger partial charge is 0.305 e. The molecule has 2 rings (SSSR count). The van der Waals surface area contributed by atoms with E-state index in [4.69, 9.17) is 14.6 Å². The molecule has 0 aliphatic carbocycles. The molecule has 1 saturated heterocycles. The van der Waals surface area contributed by atoms with Crippen LogP contribution in [0.25, 0.3) is 0 Å². The number of carboxylic acids is 1. The van der Waals surface area contributed by atoms with Gasteiger partial charge in [-0.05, 0) is 17.5 Å². The summed E-state index contributed by atoms with van der Waals surface area (Å²) in [5.74, 6) is -1.13. The molecule has 1 amide bonds. The molecule has 1 heterocycles. The molecular weight excluding hydrogens is 286 g/mol. The zero-order valence-corrected chi connectivity index (χ0v) is 12.6. The fourth-order valence-electron chi connectivity index (χ4n) is 2.70. The topological polar surface area (TPSA) is 84.9 Å². The summed E-state index contributed by atoms with van der Waals surface area (Å²) in [6.07, 6.45) is 0.607. The quantitative estimate of drug-likeness (QED) is 0.788. The number of amides is 1. The molecule has 120 valence electrons. The summed E-state index contributed by atoms with van der Waals surface area (Å²) in [6, 6.07) is 7.59. The van der Waals surface area contributed by atoms with E-state index in [0.29, 0.717) is 19.6 Å². The summed E-state index contributed by atoms with van der Waals surface area (Å²) in [7, 11) is 1.62. The second-order valence-electron chi connectivity index (χ2n) is 5.63. The molecule has 22 heavy (non-hydrogen) atoms. The van der Waals surface area contributed by atoms with E-state index < -0.39 is 11.5 Å². The highest BCUT2D eigenvalue weighted by Gasteiger charge is 2.38. The van der Waals surface area contributed by atoms with Crippen molar-refractivity contribution in [2.75, 3.05) is 20.3 Å². The number of carboxylic acid groups (broad SMARTS) is 1. The van der Waals surface area contributed by atoms with Gasteiger partial charge in [0.25, 0.3) is 0 Å². The Hall–Kier alpha value is -1.92. The molecule has 0 aromatic heterocycles. The van der Waals surface area contributed by atoms with Crippen molar-refractivity contribution in [1.82, 2.24) is 5.32 Å². The van der Waals surface area contributed by atoms with Crippen molar-refractivity contribution in [3.63, 3.8) is 0 Å². The van der Waals surface area contributed by atoms with E-state index in [2.05, 4.69) is 5.32 Å². The number of aliphatic carboxylic acids is 1. The van der Waals surface area contributed by atoms with E-state index in [1.807, 2.05) is 24.3 Å². The zero-order valence-electron chi connectivity index (χ0n) is 12.6. The Kier molecular flexibility index (Phi) is 5.51. The number of hydrogen-bond acceptors (Lipinski definition) is 4. The van der Waals surface area contributed by atoms with Crippen LogP contribution in [0.4, 0.5) is 0 Å². The molecule has 0 spiro atoms. The molecule has 1 fully saturated rings. The van der Waals surface area contributed by atoms with E-state index in [9.17, 15) is 9.59 Å². The largest absolute Gasteiger partial charge is 0.481 e.